The van der Waals surface area contributed by atoms with Crippen molar-refractivity contribution in [1.82, 2.24) is 10.6 Å². The number of amides is 2. The third kappa shape index (κ3) is 11.9. The molecule has 2 N–H and O–H groups in total. The topological polar surface area (TPSA) is 103 Å². The number of ether oxygens (including phenoxy) is 3. The van der Waals surface area contributed by atoms with E-state index in [0.717, 1.165) is 5.56 Å². The van der Waals surface area contributed by atoms with Crippen molar-refractivity contribution < 1.29 is 28.6 Å². The molecule has 1 atom stereocenters. The summed E-state index contributed by atoms with van der Waals surface area (Å²) in [6.07, 6.45) is -0.547. The fraction of sp³-hybridized carbons (Fsp3) is 0.591. The van der Waals surface area contributed by atoms with Crippen LogP contribution < -0.4 is 10.6 Å². The maximum absolute atomic E-state index is 12.5. The van der Waals surface area contributed by atoms with Gasteiger partial charge in [0.2, 0.25) is 0 Å². The minimum Gasteiger partial charge on any atom is -0.458 e. The third-order valence-corrected chi connectivity index (χ3v) is 3.53. The predicted octanol–water partition coefficient (Wildman–Crippen LogP) is 3.93. The Bertz CT molecular complexity index is 692. The predicted molar refractivity (Wildman–Crippen MR) is 113 cm³/mol. The maximum atomic E-state index is 12.5. The lowest BCUT2D eigenvalue weighted by Crippen LogP contribution is -2.44. The number of benzene rings is 1. The first-order valence-corrected chi connectivity index (χ1v) is 10.0. The van der Waals surface area contributed by atoms with Gasteiger partial charge in [-0.2, -0.15) is 0 Å². The van der Waals surface area contributed by atoms with Crippen molar-refractivity contribution in [1.29, 1.82) is 0 Å². The van der Waals surface area contributed by atoms with Gasteiger partial charge in [0, 0.05) is 6.54 Å². The monoisotopic (exact) mass is 422 g/mol. The van der Waals surface area contributed by atoms with E-state index in [1.807, 2.05) is 30.3 Å². The van der Waals surface area contributed by atoms with E-state index >= 15 is 0 Å². The van der Waals surface area contributed by atoms with E-state index in [1.165, 1.54) is 0 Å². The largest absolute Gasteiger partial charge is 0.458 e. The Balaban J connectivity index is 2.56. The van der Waals surface area contributed by atoms with Crippen molar-refractivity contribution in [2.75, 3.05) is 6.54 Å². The van der Waals surface area contributed by atoms with Crippen molar-refractivity contribution in [2.45, 2.75) is 78.2 Å². The molecule has 1 aromatic carbocycles. The summed E-state index contributed by atoms with van der Waals surface area (Å²) in [5.41, 5.74) is -0.449. The molecular weight excluding hydrogens is 388 g/mol. The quantitative estimate of drug-likeness (QED) is 0.374. The molecule has 1 rings (SSSR count). The molecule has 0 aromatic heterocycles. The average molecular weight is 423 g/mol. The van der Waals surface area contributed by atoms with Crippen LogP contribution >= 0.6 is 0 Å². The normalized spacial score (nSPS) is 12.5. The summed E-state index contributed by atoms with van der Waals surface area (Å²) in [5.74, 6) is -0.559. The molecule has 8 heteroatoms. The number of nitrogens with one attached hydrogen (secondary N) is 2. The highest BCUT2D eigenvalue weighted by Gasteiger charge is 2.27. The fourth-order valence-corrected chi connectivity index (χ4v) is 2.34. The minimum atomic E-state index is -0.895. The Labute approximate surface area is 178 Å². The van der Waals surface area contributed by atoms with E-state index in [-0.39, 0.29) is 19.6 Å². The molecule has 0 spiro atoms. The van der Waals surface area contributed by atoms with Gasteiger partial charge in [-0.3, -0.25) is 0 Å². The van der Waals surface area contributed by atoms with Gasteiger partial charge in [0.05, 0.1) is 0 Å². The van der Waals surface area contributed by atoms with Crippen LogP contribution in [0.3, 0.4) is 0 Å². The second kappa shape index (κ2) is 11.4. The summed E-state index contributed by atoms with van der Waals surface area (Å²) < 4.78 is 15.7. The lowest BCUT2D eigenvalue weighted by molar-refractivity contribution is -0.157. The van der Waals surface area contributed by atoms with Gasteiger partial charge in [-0.25, -0.2) is 14.4 Å². The number of rotatable bonds is 8. The van der Waals surface area contributed by atoms with E-state index in [9.17, 15) is 14.4 Å². The zero-order valence-electron chi connectivity index (χ0n) is 18.7. The lowest BCUT2D eigenvalue weighted by atomic mass is 10.1. The highest BCUT2D eigenvalue weighted by Crippen LogP contribution is 2.11. The molecule has 2 amide bonds. The van der Waals surface area contributed by atoms with Gasteiger partial charge in [-0.15, -0.1) is 0 Å². The zero-order valence-corrected chi connectivity index (χ0v) is 18.7. The second-order valence-electron chi connectivity index (χ2n) is 8.86. The van der Waals surface area contributed by atoms with Crippen LogP contribution in [0, 0.1) is 0 Å². The number of carbonyl (C=O) groups excluding carboxylic acids is 3. The van der Waals surface area contributed by atoms with Crippen LogP contribution in [0.5, 0.6) is 0 Å². The molecule has 168 valence electrons. The van der Waals surface area contributed by atoms with Crippen LogP contribution in [-0.4, -0.2) is 41.9 Å². The summed E-state index contributed by atoms with van der Waals surface area (Å²) in [5, 5.41) is 5.18. The first-order valence-electron chi connectivity index (χ1n) is 10.0. The van der Waals surface area contributed by atoms with Gasteiger partial charge in [0.25, 0.3) is 0 Å². The molecule has 0 radical (unpaired) electrons. The van der Waals surface area contributed by atoms with Gasteiger partial charge in [0.15, 0.2) is 0 Å². The summed E-state index contributed by atoms with van der Waals surface area (Å²) in [6, 6.07) is 8.33. The van der Waals surface area contributed by atoms with E-state index in [4.69, 9.17) is 14.2 Å². The molecule has 30 heavy (non-hydrogen) atoms. The van der Waals surface area contributed by atoms with Crippen LogP contribution in [-0.2, 0) is 25.6 Å². The molecule has 0 unspecified atom stereocenters. The van der Waals surface area contributed by atoms with Crippen LogP contribution in [0.1, 0.15) is 59.9 Å². The first kappa shape index (κ1) is 25.3. The molecule has 0 aliphatic heterocycles. The van der Waals surface area contributed by atoms with E-state index in [1.54, 1.807) is 41.5 Å². The zero-order chi connectivity index (χ0) is 22.8. The van der Waals surface area contributed by atoms with Gasteiger partial charge in [0.1, 0.15) is 23.9 Å². The number of alkyl carbamates (subject to hydrolysis) is 2. The van der Waals surface area contributed by atoms with E-state index < -0.39 is 35.4 Å². The smallest absolute Gasteiger partial charge is 0.408 e. The highest BCUT2D eigenvalue weighted by molar-refractivity contribution is 5.81. The van der Waals surface area contributed by atoms with Crippen molar-refractivity contribution in [2.24, 2.45) is 0 Å². The standard InChI is InChI=1S/C22H34N2O6/c1-21(2,3)29-18(25)17(13-10-14-23-19(26)30-22(4,5)6)24-20(27)28-15-16-11-8-7-9-12-16/h7-9,11-12,17H,10,13-15H2,1-6H3,(H,23,26)(H,24,27)/t17-/m0/s1. The van der Waals surface area contributed by atoms with Gasteiger partial charge >= 0.3 is 18.2 Å². The maximum Gasteiger partial charge on any atom is 0.408 e. The fourth-order valence-electron chi connectivity index (χ4n) is 2.34. The number of carbonyl (C=O) groups is 3. The van der Waals surface area contributed by atoms with Crippen molar-refractivity contribution in [3.05, 3.63) is 35.9 Å². The molecule has 1 aromatic rings. The Kier molecular flexibility index (Phi) is 9.62. The van der Waals surface area contributed by atoms with Gasteiger partial charge in [-0.05, 0) is 59.9 Å². The SMILES string of the molecule is CC(C)(C)OC(=O)NCCC[C@H](NC(=O)OCc1ccccc1)C(=O)OC(C)(C)C. The Morgan fingerprint density at radius 2 is 1.50 bits per heavy atom. The first-order chi connectivity index (χ1) is 13.9. The van der Waals surface area contributed by atoms with Gasteiger partial charge in [-0.1, -0.05) is 30.3 Å². The average Bonchev–Trinajstić information content (AvgIpc) is 2.60. The number of hydrogen-bond acceptors (Lipinski definition) is 6. The third-order valence-electron chi connectivity index (χ3n) is 3.53. The number of hydrogen-bond donors (Lipinski definition) is 2. The Morgan fingerprint density at radius 1 is 0.900 bits per heavy atom. The summed E-state index contributed by atoms with van der Waals surface area (Å²) >= 11 is 0. The van der Waals surface area contributed by atoms with Crippen LogP contribution in [0.15, 0.2) is 30.3 Å². The molecular formula is C22H34N2O6. The van der Waals surface area contributed by atoms with Crippen LogP contribution in [0.2, 0.25) is 0 Å². The van der Waals surface area contributed by atoms with Crippen LogP contribution in [0.4, 0.5) is 9.59 Å². The second-order valence-corrected chi connectivity index (χ2v) is 8.86. The summed E-state index contributed by atoms with van der Waals surface area (Å²) in [7, 11) is 0. The van der Waals surface area contributed by atoms with E-state index in [0.29, 0.717) is 6.42 Å². The van der Waals surface area contributed by atoms with Gasteiger partial charge < -0.3 is 24.8 Å². The highest BCUT2D eigenvalue weighted by atomic mass is 16.6. The molecule has 0 saturated heterocycles. The minimum absolute atomic E-state index is 0.0912. The lowest BCUT2D eigenvalue weighted by Gasteiger charge is -2.24. The molecule has 0 heterocycles. The molecule has 0 saturated carbocycles. The van der Waals surface area contributed by atoms with Crippen molar-refractivity contribution >= 4 is 18.2 Å². The summed E-state index contributed by atoms with van der Waals surface area (Å²) in [6.45, 7) is 10.9. The molecule has 0 fully saturated rings. The van der Waals surface area contributed by atoms with Crippen molar-refractivity contribution in [3.63, 3.8) is 0 Å². The number of esters is 1. The Hall–Kier alpha value is -2.77. The Morgan fingerprint density at radius 3 is 2.07 bits per heavy atom. The summed E-state index contributed by atoms with van der Waals surface area (Å²) in [4.78, 5) is 36.4. The van der Waals surface area contributed by atoms with Crippen molar-refractivity contribution in [3.8, 4) is 0 Å². The molecule has 0 bridgehead atoms. The molecule has 0 aliphatic rings. The molecule has 8 nitrogen and oxygen atoms in total. The molecule has 0 aliphatic carbocycles. The van der Waals surface area contributed by atoms with E-state index in [2.05, 4.69) is 10.6 Å². The van der Waals surface area contributed by atoms with Crippen LogP contribution in [0.25, 0.3) is 0 Å².